The molecule has 0 radical (unpaired) electrons. The molecule has 1 fully saturated rings. The Morgan fingerprint density at radius 1 is 1.55 bits per heavy atom. The summed E-state index contributed by atoms with van der Waals surface area (Å²) < 4.78 is 5.32. The minimum Gasteiger partial charge on any atom is -0.496 e. The highest BCUT2D eigenvalue weighted by atomic mass is 16.5. The van der Waals surface area contributed by atoms with Crippen molar-refractivity contribution in [1.29, 1.82) is 5.26 Å². The minimum atomic E-state index is -0.164. The van der Waals surface area contributed by atoms with E-state index in [4.69, 9.17) is 10.00 Å². The Morgan fingerprint density at radius 2 is 2.35 bits per heavy atom. The Kier molecular flexibility index (Phi) is 4.59. The van der Waals surface area contributed by atoms with E-state index in [-0.39, 0.29) is 11.9 Å². The molecular weight excluding hydrogens is 254 g/mol. The van der Waals surface area contributed by atoms with Crippen LogP contribution < -0.4 is 10.1 Å². The fourth-order valence-corrected chi connectivity index (χ4v) is 2.39. The largest absolute Gasteiger partial charge is 0.496 e. The van der Waals surface area contributed by atoms with Crippen LogP contribution in [0, 0.1) is 11.3 Å². The summed E-state index contributed by atoms with van der Waals surface area (Å²) in [7, 11) is 1.60. The number of nitrogens with zero attached hydrogens (tertiary/aromatic N) is 2. The van der Waals surface area contributed by atoms with Gasteiger partial charge in [-0.2, -0.15) is 5.26 Å². The Hall–Kier alpha value is -2.06. The molecule has 0 saturated carbocycles. The normalized spacial score (nSPS) is 19.4. The van der Waals surface area contributed by atoms with Gasteiger partial charge in [0.1, 0.15) is 5.75 Å². The van der Waals surface area contributed by atoms with Gasteiger partial charge in [0.15, 0.2) is 0 Å². The lowest BCUT2D eigenvalue weighted by molar-refractivity contribution is -0.132. The average Bonchev–Trinajstić information content (AvgIpc) is 2.63. The van der Waals surface area contributed by atoms with Gasteiger partial charge < -0.3 is 15.0 Å². The molecule has 5 heteroatoms. The first kappa shape index (κ1) is 14.4. The van der Waals surface area contributed by atoms with Crippen molar-refractivity contribution in [3.05, 3.63) is 29.3 Å². The minimum absolute atomic E-state index is 0.0897. The van der Waals surface area contributed by atoms with Crippen LogP contribution in [0.1, 0.15) is 24.5 Å². The first-order chi connectivity index (χ1) is 9.65. The van der Waals surface area contributed by atoms with Gasteiger partial charge in [-0.25, -0.2) is 0 Å². The van der Waals surface area contributed by atoms with Gasteiger partial charge in [-0.15, -0.1) is 0 Å². The maximum Gasteiger partial charge on any atom is 0.239 e. The van der Waals surface area contributed by atoms with E-state index in [0.29, 0.717) is 17.9 Å². The van der Waals surface area contributed by atoms with Crippen LogP contribution >= 0.6 is 0 Å². The quantitative estimate of drug-likeness (QED) is 0.901. The summed E-state index contributed by atoms with van der Waals surface area (Å²) in [5.74, 6) is 0.800. The van der Waals surface area contributed by atoms with Crippen molar-refractivity contribution >= 4 is 5.91 Å². The average molecular weight is 273 g/mol. The van der Waals surface area contributed by atoms with Gasteiger partial charge in [-0.3, -0.25) is 4.79 Å². The van der Waals surface area contributed by atoms with Crippen LogP contribution in [-0.2, 0) is 11.3 Å². The topological polar surface area (TPSA) is 65.4 Å². The summed E-state index contributed by atoms with van der Waals surface area (Å²) in [6.07, 6.45) is 0.927. The molecule has 1 unspecified atom stereocenters. The molecule has 1 heterocycles. The Balaban J connectivity index is 2.23. The van der Waals surface area contributed by atoms with E-state index in [0.717, 1.165) is 25.1 Å². The van der Waals surface area contributed by atoms with Crippen molar-refractivity contribution in [2.75, 3.05) is 20.2 Å². The lowest BCUT2D eigenvalue weighted by Gasteiger charge is -2.23. The van der Waals surface area contributed by atoms with Crippen LogP contribution in [0.4, 0.5) is 0 Å². The highest BCUT2D eigenvalue weighted by Crippen LogP contribution is 2.22. The predicted molar refractivity (Wildman–Crippen MR) is 75.2 cm³/mol. The van der Waals surface area contributed by atoms with E-state index in [1.54, 1.807) is 25.3 Å². The molecule has 1 N–H and O–H groups in total. The molecule has 1 atom stereocenters. The molecule has 1 aromatic carbocycles. The SMILES string of the molecule is COc1ccc(C#N)cc1CN1CCCNC(C)C1=O. The summed E-state index contributed by atoms with van der Waals surface area (Å²) in [6, 6.07) is 7.23. The molecule has 20 heavy (non-hydrogen) atoms. The second kappa shape index (κ2) is 6.40. The number of rotatable bonds is 3. The highest BCUT2D eigenvalue weighted by Gasteiger charge is 2.23. The van der Waals surface area contributed by atoms with Gasteiger partial charge in [0.05, 0.1) is 24.8 Å². The van der Waals surface area contributed by atoms with E-state index in [1.165, 1.54) is 0 Å². The maximum atomic E-state index is 12.3. The molecule has 5 nitrogen and oxygen atoms in total. The number of carbonyl (C=O) groups excluding carboxylic acids is 1. The fourth-order valence-electron chi connectivity index (χ4n) is 2.39. The summed E-state index contributed by atoms with van der Waals surface area (Å²) in [5, 5.41) is 12.2. The molecular formula is C15H19N3O2. The van der Waals surface area contributed by atoms with Crippen LogP contribution in [0.25, 0.3) is 0 Å². The summed E-state index contributed by atoms with van der Waals surface area (Å²) in [6.45, 7) is 3.92. The van der Waals surface area contributed by atoms with Crippen molar-refractivity contribution in [2.45, 2.75) is 25.9 Å². The maximum absolute atomic E-state index is 12.3. The number of nitriles is 1. The Morgan fingerprint density at radius 3 is 3.05 bits per heavy atom. The van der Waals surface area contributed by atoms with E-state index in [1.807, 2.05) is 11.8 Å². The molecule has 106 valence electrons. The number of carbonyl (C=O) groups is 1. The van der Waals surface area contributed by atoms with E-state index in [9.17, 15) is 4.79 Å². The number of methoxy groups -OCH3 is 1. The number of amides is 1. The van der Waals surface area contributed by atoms with Crippen molar-refractivity contribution in [2.24, 2.45) is 0 Å². The van der Waals surface area contributed by atoms with Crippen molar-refractivity contribution in [3.63, 3.8) is 0 Å². The fraction of sp³-hybridized carbons (Fsp3) is 0.467. The molecule has 0 spiro atoms. The van der Waals surface area contributed by atoms with Crippen LogP contribution in [0.5, 0.6) is 5.75 Å². The van der Waals surface area contributed by atoms with E-state index >= 15 is 0 Å². The standard InChI is InChI=1S/C15H19N3O2/c1-11-15(19)18(7-3-6-17-11)10-13-8-12(9-16)4-5-14(13)20-2/h4-5,8,11,17H,3,6-7,10H2,1-2H3. The molecule has 1 aliphatic rings. The van der Waals surface area contributed by atoms with Crippen LogP contribution in [0.2, 0.25) is 0 Å². The van der Waals surface area contributed by atoms with Crippen molar-refractivity contribution < 1.29 is 9.53 Å². The van der Waals surface area contributed by atoms with Gasteiger partial charge in [-0.05, 0) is 38.1 Å². The molecule has 0 aromatic heterocycles. The zero-order valence-electron chi connectivity index (χ0n) is 11.8. The molecule has 0 aliphatic carbocycles. The van der Waals surface area contributed by atoms with Crippen molar-refractivity contribution in [3.8, 4) is 11.8 Å². The molecule has 1 aliphatic heterocycles. The molecule has 1 aromatic rings. The Labute approximate surface area is 119 Å². The van der Waals surface area contributed by atoms with Gasteiger partial charge in [-0.1, -0.05) is 0 Å². The summed E-state index contributed by atoms with van der Waals surface area (Å²) >= 11 is 0. The van der Waals surface area contributed by atoms with Crippen molar-refractivity contribution in [1.82, 2.24) is 10.2 Å². The highest BCUT2D eigenvalue weighted by molar-refractivity contribution is 5.81. The number of nitrogens with one attached hydrogen (secondary N) is 1. The lowest BCUT2D eigenvalue weighted by atomic mass is 10.1. The third-order valence-corrected chi connectivity index (χ3v) is 3.51. The number of benzene rings is 1. The third kappa shape index (κ3) is 3.09. The smallest absolute Gasteiger partial charge is 0.239 e. The lowest BCUT2D eigenvalue weighted by Crippen LogP contribution is -2.41. The number of hydrogen-bond donors (Lipinski definition) is 1. The van der Waals surface area contributed by atoms with Gasteiger partial charge in [0.2, 0.25) is 5.91 Å². The van der Waals surface area contributed by atoms with Crippen LogP contribution in [-0.4, -0.2) is 37.0 Å². The first-order valence-corrected chi connectivity index (χ1v) is 6.75. The molecule has 1 amide bonds. The summed E-state index contributed by atoms with van der Waals surface area (Å²) in [4.78, 5) is 14.1. The zero-order valence-corrected chi connectivity index (χ0v) is 11.8. The number of hydrogen-bond acceptors (Lipinski definition) is 4. The van der Waals surface area contributed by atoms with E-state index in [2.05, 4.69) is 11.4 Å². The van der Waals surface area contributed by atoms with Crippen LogP contribution in [0.15, 0.2) is 18.2 Å². The van der Waals surface area contributed by atoms with Gasteiger partial charge >= 0.3 is 0 Å². The van der Waals surface area contributed by atoms with Gasteiger partial charge in [0, 0.05) is 18.7 Å². The molecule has 1 saturated heterocycles. The number of ether oxygens (including phenoxy) is 1. The third-order valence-electron chi connectivity index (χ3n) is 3.51. The molecule has 0 bridgehead atoms. The zero-order chi connectivity index (χ0) is 14.5. The Bertz CT molecular complexity index is 536. The monoisotopic (exact) mass is 273 g/mol. The second-order valence-corrected chi connectivity index (χ2v) is 4.93. The summed E-state index contributed by atoms with van der Waals surface area (Å²) in [5.41, 5.74) is 1.45. The second-order valence-electron chi connectivity index (χ2n) is 4.93. The van der Waals surface area contributed by atoms with Gasteiger partial charge in [0.25, 0.3) is 0 Å². The predicted octanol–water partition coefficient (Wildman–Crippen LogP) is 1.28. The van der Waals surface area contributed by atoms with Crippen LogP contribution in [0.3, 0.4) is 0 Å². The first-order valence-electron chi connectivity index (χ1n) is 6.75. The van der Waals surface area contributed by atoms with E-state index < -0.39 is 0 Å². The molecule has 2 rings (SSSR count).